The van der Waals surface area contributed by atoms with Crippen molar-refractivity contribution >= 4 is 28.8 Å². The van der Waals surface area contributed by atoms with Crippen molar-refractivity contribution < 1.29 is 14.3 Å². The van der Waals surface area contributed by atoms with Gasteiger partial charge in [-0.2, -0.15) is 0 Å². The molecule has 7 nitrogen and oxygen atoms in total. The van der Waals surface area contributed by atoms with Crippen LogP contribution in [0.4, 0.5) is 5.95 Å². The summed E-state index contributed by atoms with van der Waals surface area (Å²) in [5.41, 5.74) is 2.53. The third kappa shape index (κ3) is 3.20. The second kappa shape index (κ2) is 7.81. The predicted molar refractivity (Wildman–Crippen MR) is 118 cm³/mol. The number of H-pyrrole nitrogens is 1. The standard InChI is InChI=1S/C24H26N4O3/c1-31-15-14-28-22(30)17-9-3-2-8-16(17)20(24(28)12-6-7-13-24)21(29)27-23-25-18-10-4-5-11-19(18)26-23/h2-5,8-11,20H,6-7,12-15H2,1H3,(H2,25,26,27,29)/t20-/m1/s1. The van der Waals surface area contributed by atoms with E-state index in [9.17, 15) is 9.59 Å². The Balaban J connectivity index is 1.57. The summed E-state index contributed by atoms with van der Waals surface area (Å²) in [5, 5.41) is 3.01. The van der Waals surface area contributed by atoms with E-state index in [1.807, 2.05) is 53.4 Å². The Labute approximate surface area is 180 Å². The van der Waals surface area contributed by atoms with Crippen LogP contribution in [0.2, 0.25) is 0 Å². The Morgan fingerprint density at radius 2 is 1.94 bits per heavy atom. The van der Waals surface area contributed by atoms with Crippen LogP contribution in [0, 0.1) is 0 Å². The number of imidazole rings is 1. The molecule has 7 heteroatoms. The molecule has 5 rings (SSSR count). The van der Waals surface area contributed by atoms with Crippen molar-refractivity contribution in [3.63, 3.8) is 0 Å². The van der Waals surface area contributed by atoms with Crippen LogP contribution in [0.3, 0.4) is 0 Å². The monoisotopic (exact) mass is 418 g/mol. The molecule has 1 aromatic heterocycles. The second-order valence-corrected chi connectivity index (χ2v) is 8.37. The van der Waals surface area contributed by atoms with Crippen molar-refractivity contribution in [2.45, 2.75) is 37.1 Å². The Bertz CT molecular complexity index is 1100. The predicted octanol–water partition coefficient (Wildman–Crippen LogP) is 3.70. The maximum Gasteiger partial charge on any atom is 0.254 e. The quantitative estimate of drug-likeness (QED) is 0.661. The molecule has 3 aromatic rings. The van der Waals surface area contributed by atoms with Gasteiger partial charge in [0.25, 0.3) is 5.91 Å². The lowest BCUT2D eigenvalue weighted by Gasteiger charge is -2.50. The van der Waals surface area contributed by atoms with E-state index in [0.29, 0.717) is 24.7 Å². The van der Waals surface area contributed by atoms with Gasteiger partial charge in [0.1, 0.15) is 0 Å². The number of hydrogen-bond donors (Lipinski definition) is 2. The minimum absolute atomic E-state index is 0.0117. The Hall–Kier alpha value is -3.19. The van der Waals surface area contributed by atoms with E-state index >= 15 is 0 Å². The normalized spacial score (nSPS) is 19.7. The molecule has 1 fully saturated rings. The molecule has 160 valence electrons. The zero-order valence-corrected chi connectivity index (χ0v) is 17.6. The van der Waals surface area contributed by atoms with E-state index in [4.69, 9.17) is 4.74 Å². The van der Waals surface area contributed by atoms with Crippen LogP contribution in [0.1, 0.15) is 47.5 Å². The molecule has 0 unspecified atom stereocenters. The summed E-state index contributed by atoms with van der Waals surface area (Å²) in [6.45, 7) is 0.908. The van der Waals surface area contributed by atoms with Gasteiger partial charge in [-0.05, 0) is 36.6 Å². The first-order chi connectivity index (χ1) is 15.1. The number of nitrogens with one attached hydrogen (secondary N) is 2. The van der Waals surface area contributed by atoms with Gasteiger partial charge in [0.2, 0.25) is 11.9 Å². The van der Waals surface area contributed by atoms with Gasteiger partial charge in [-0.1, -0.05) is 43.2 Å². The summed E-state index contributed by atoms with van der Waals surface area (Å²) in [4.78, 5) is 36.8. The zero-order valence-electron chi connectivity index (χ0n) is 17.6. The van der Waals surface area contributed by atoms with Gasteiger partial charge < -0.3 is 14.6 Å². The number of aromatic amines is 1. The highest BCUT2D eigenvalue weighted by Gasteiger charge is 2.55. The first-order valence-corrected chi connectivity index (χ1v) is 10.8. The summed E-state index contributed by atoms with van der Waals surface area (Å²) in [7, 11) is 1.63. The van der Waals surface area contributed by atoms with Gasteiger partial charge in [0.05, 0.1) is 29.1 Å². The van der Waals surface area contributed by atoms with Crippen LogP contribution in [-0.4, -0.2) is 52.5 Å². The number of ether oxygens (including phenoxy) is 1. The Morgan fingerprint density at radius 1 is 1.19 bits per heavy atom. The van der Waals surface area contributed by atoms with Gasteiger partial charge in [-0.15, -0.1) is 0 Å². The van der Waals surface area contributed by atoms with Crippen LogP contribution in [-0.2, 0) is 9.53 Å². The molecule has 1 aliphatic heterocycles. The fourth-order valence-corrected chi connectivity index (χ4v) is 5.38. The van der Waals surface area contributed by atoms with Crippen LogP contribution in [0.25, 0.3) is 11.0 Å². The average Bonchev–Trinajstić information content (AvgIpc) is 3.41. The van der Waals surface area contributed by atoms with E-state index in [-0.39, 0.29) is 11.8 Å². The van der Waals surface area contributed by atoms with E-state index < -0.39 is 11.5 Å². The molecule has 2 N–H and O–H groups in total. The highest BCUT2D eigenvalue weighted by Crippen LogP contribution is 2.50. The third-order valence-electron chi connectivity index (χ3n) is 6.70. The third-order valence-corrected chi connectivity index (χ3v) is 6.70. The number of hydrogen-bond acceptors (Lipinski definition) is 4. The first kappa shape index (κ1) is 19.8. The summed E-state index contributed by atoms with van der Waals surface area (Å²) in [5.74, 6) is -0.184. The summed E-state index contributed by atoms with van der Waals surface area (Å²) in [6, 6.07) is 15.2. The molecule has 1 saturated carbocycles. The molecule has 2 aromatic carbocycles. The number of methoxy groups -OCH3 is 1. The van der Waals surface area contributed by atoms with Crippen LogP contribution >= 0.6 is 0 Å². The number of fused-ring (bicyclic) bond motifs is 2. The number of carbonyl (C=O) groups is 2. The molecule has 2 aliphatic rings. The number of amides is 2. The highest BCUT2D eigenvalue weighted by molar-refractivity contribution is 6.05. The minimum atomic E-state index is -0.542. The van der Waals surface area contributed by atoms with Crippen molar-refractivity contribution in [1.29, 1.82) is 0 Å². The molecule has 0 radical (unpaired) electrons. The smallest absolute Gasteiger partial charge is 0.254 e. The van der Waals surface area contributed by atoms with Crippen LogP contribution in [0.15, 0.2) is 48.5 Å². The average molecular weight is 418 g/mol. The van der Waals surface area contributed by atoms with Crippen molar-refractivity contribution in [1.82, 2.24) is 14.9 Å². The van der Waals surface area contributed by atoms with Crippen molar-refractivity contribution in [2.75, 3.05) is 25.6 Å². The van der Waals surface area contributed by atoms with Gasteiger partial charge in [0.15, 0.2) is 0 Å². The lowest BCUT2D eigenvalue weighted by atomic mass is 9.71. The summed E-state index contributed by atoms with van der Waals surface area (Å²) < 4.78 is 5.30. The molecule has 0 bridgehead atoms. The number of rotatable bonds is 5. The fraction of sp³-hybridized carbons (Fsp3) is 0.375. The molecule has 1 aliphatic carbocycles. The highest BCUT2D eigenvalue weighted by atomic mass is 16.5. The lowest BCUT2D eigenvalue weighted by molar-refractivity contribution is -0.121. The summed E-state index contributed by atoms with van der Waals surface area (Å²) >= 11 is 0. The zero-order chi connectivity index (χ0) is 21.4. The Kier molecular flexibility index (Phi) is 4.98. The largest absolute Gasteiger partial charge is 0.383 e. The lowest BCUT2D eigenvalue weighted by Crippen LogP contribution is -2.60. The number of nitrogens with zero attached hydrogens (tertiary/aromatic N) is 2. The molecule has 1 atom stereocenters. The molecule has 2 amide bonds. The maximum absolute atomic E-state index is 13.8. The van der Waals surface area contributed by atoms with Crippen molar-refractivity contribution in [3.05, 3.63) is 59.7 Å². The number of para-hydroxylation sites is 2. The maximum atomic E-state index is 13.8. The van der Waals surface area contributed by atoms with E-state index in [0.717, 1.165) is 42.3 Å². The minimum Gasteiger partial charge on any atom is -0.383 e. The second-order valence-electron chi connectivity index (χ2n) is 8.37. The molecule has 31 heavy (non-hydrogen) atoms. The SMILES string of the molecule is COCCN1C(=O)c2ccccc2[C@H](C(=O)Nc2nc3ccccc3[nH]2)C12CCCC2. The molecular weight excluding hydrogens is 392 g/mol. The Morgan fingerprint density at radius 3 is 2.71 bits per heavy atom. The number of aromatic nitrogens is 2. The van der Waals surface area contributed by atoms with Gasteiger partial charge >= 0.3 is 0 Å². The van der Waals surface area contributed by atoms with E-state index in [2.05, 4.69) is 15.3 Å². The molecule has 1 spiro atoms. The van der Waals surface area contributed by atoms with Gasteiger partial charge in [0, 0.05) is 19.2 Å². The molecule has 0 saturated heterocycles. The fourth-order valence-electron chi connectivity index (χ4n) is 5.38. The van der Waals surface area contributed by atoms with E-state index in [1.54, 1.807) is 7.11 Å². The van der Waals surface area contributed by atoms with Crippen molar-refractivity contribution in [3.8, 4) is 0 Å². The first-order valence-electron chi connectivity index (χ1n) is 10.8. The number of anilines is 1. The van der Waals surface area contributed by atoms with Crippen molar-refractivity contribution in [2.24, 2.45) is 0 Å². The number of benzene rings is 2. The van der Waals surface area contributed by atoms with Crippen LogP contribution < -0.4 is 5.32 Å². The number of carbonyl (C=O) groups excluding carboxylic acids is 2. The molecule has 2 heterocycles. The summed E-state index contributed by atoms with van der Waals surface area (Å²) in [6.07, 6.45) is 3.59. The topological polar surface area (TPSA) is 87.3 Å². The van der Waals surface area contributed by atoms with Gasteiger partial charge in [-0.3, -0.25) is 14.9 Å². The molecular formula is C24H26N4O3. The van der Waals surface area contributed by atoms with Gasteiger partial charge in [-0.25, -0.2) is 4.98 Å². The van der Waals surface area contributed by atoms with Crippen LogP contribution in [0.5, 0.6) is 0 Å². The van der Waals surface area contributed by atoms with E-state index in [1.165, 1.54) is 0 Å².